The number of nitrogens with one attached hydrogen (secondary N) is 4. The number of carbonyl (C=O) groups excluding carboxylic acids is 5. The Bertz CT molecular complexity index is 2410. The highest BCUT2D eigenvalue weighted by molar-refractivity contribution is 5.95. The van der Waals surface area contributed by atoms with E-state index >= 15 is 0 Å². The van der Waals surface area contributed by atoms with Gasteiger partial charge in [-0.3, -0.25) is 38.9 Å². The molecule has 0 radical (unpaired) electrons. The van der Waals surface area contributed by atoms with Gasteiger partial charge >= 0.3 is 30.0 Å². The minimum absolute atomic E-state index is 0.0794. The molecular weight excluding hydrogens is 899 g/mol. The Balaban J connectivity index is 1.70. The van der Waals surface area contributed by atoms with Crippen molar-refractivity contribution in [2.24, 2.45) is 17.8 Å². The van der Waals surface area contributed by atoms with E-state index in [9.17, 15) is 63.8 Å². The van der Waals surface area contributed by atoms with Crippen molar-refractivity contribution in [2.45, 2.75) is 83.0 Å². The van der Waals surface area contributed by atoms with Gasteiger partial charge in [0.25, 0.3) is 5.69 Å². The summed E-state index contributed by atoms with van der Waals surface area (Å²) in [6.07, 6.45) is -3.21. The van der Waals surface area contributed by atoms with E-state index in [-0.39, 0.29) is 30.7 Å². The van der Waals surface area contributed by atoms with Gasteiger partial charge in [0, 0.05) is 12.1 Å². The van der Waals surface area contributed by atoms with Crippen LogP contribution in [-0.2, 0) is 57.6 Å². The molecule has 20 heteroatoms. The van der Waals surface area contributed by atoms with Gasteiger partial charge in [0.2, 0.25) is 17.7 Å². The van der Waals surface area contributed by atoms with Gasteiger partial charge in [-0.25, -0.2) is 9.59 Å². The van der Waals surface area contributed by atoms with Crippen molar-refractivity contribution in [3.05, 3.63) is 142 Å². The van der Waals surface area contributed by atoms with Gasteiger partial charge in [0.15, 0.2) is 0 Å². The molecule has 0 aromatic heterocycles. The van der Waals surface area contributed by atoms with Gasteiger partial charge in [-0.2, -0.15) is 0 Å². The Morgan fingerprint density at radius 3 is 1.26 bits per heavy atom. The fourth-order valence-corrected chi connectivity index (χ4v) is 7.14. The first-order chi connectivity index (χ1) is 32.7. The van der Waals surface area contributed by atoms with Gasteiger partial charge in [-0.1, -0.05) is 91.0 Å². The average molecular weight is 954 g/mol. The molecular formula is C49H55N5O15. The number of carboxylic acids is 3. The van der Waals surface area contributed by atoms with Crippen molar-refractivity contribution in [3.63, 3.8) is 0 Å². The largest absolute Gasteiger partial charge is 0.481 e. The van der Waals surface area contributed by atoms with Crippen molar-refractivity contribution in [1.29, 1.82) is 0 Å². The topological polar surface area (TPSA) is 307 Å². The maximum absolute atomic E-state index is 14.6. The molecule has 0 heterocycles. The lowest BCUT2D eigenvalue weighted by Crippen LogP contribution is -2.58. The summed E-state index contributed by atoms with van der Waals surface area (Å²) >= 11 is 0. The van der Waals surface area contributed by atoms with E-state index < -0.39 is 120 Å². The molecule has 6 atom stereocenters. The number of hydrogen-bond donors (Lipinski definition) is 7. The number of hydrogen-bond acceptors (Lipinski definition) is 12. The van der Waals surface area contributed by atoms with Crippen LogP contribution in [0.3, 0.4) is 0 Å². The van der Waals surface area contributed by atoms with Crippen LogP contribution < -0.4 is 26.0 Å². The summed E-state index contributed by atoms with van der Waals surface area (Å²) in [5, 5.41) is 51.7. The molecule has 4 rings (SSSR count). The van der Waals surface area contributed by atoms with E-state index in [1.807, 2.05) is 0 Å². The van der Waals surface area contributed by atoms with E-state index in [1.54, 1.807) is 112 Å². The normalized spacial score (nSPS) is 13.7. The molecule has 0 fully saturated rings. The van der Waals surface area contributed by atoms with E-state index in [4.69, 9.17) is 9.47 Å². The molecule has 0 aliphatic carbocycles. The van der Waals surface area contributed by atoms with Gasteiger partial charge in [-0.15, -0.1) is 0 Å². The number of alkyl carbamates (subject to hydrolysis) is 1. The van der Waals surface area contributed by atoms with Crippen LogP contribution in [0.2, 0.25) is 0 Å². The average Bonchev–Trinajstić information content (AvgIpc) is 3.29. The Labute approximate surface area is 396 Å². The van der Waals surface area contributed by atoms with Crippen molar-refractivity contribution in [2.75, 3.05) is 6.54 Å². The first kappa shape index (κ1) is 53.5. The van der Waals surface area contributed by atoms with Crippen LogP contribution >= 0.6 is 0 Å². The Morgan fingerprint density at radius 2 is 0.913 bits per heavy atom. The summed E-state index contributed by atoms with van der Waals surface area (Å²) in [7, 11) is 0. The summed E-state index contributed by atoms with van der Waals surface area (Å²) in [5.74, 6) is -12.6. The van der Waals surface area contributed by atoms with Crippen LogP contribution in [0.4, 0.5) is 10.5 Å². The molecule has 0 bridgehead atoms. The second-order valence-corrected chi connectivity index (χ2v) is 17.1. The second kappa shape index (κ2) is 25.7. The van der Waals surface area contributed by atoms with Gasteiger partial charge in [-0.05, 0) is 88.1 Å². The standard InChI is InChI=1S/C49H55N5O15/c1-49(2,3)69-48(65)53-40(28-35(47(63)64)25-32-17-11-6-12-18-32)44(58)52-39(27-34(46(61)62)24-31-15-9-5-10-16-31)43(57)51-38(26-33(45(59)60)23-30-13-7-4-8-14-30)42(56)50-29-41(55)68-37-21-19-36(20-22-37)54(66)67/h4-22,33-35,38-40H,23-29H2,1-3H3,(H,50,56)(H,51,57)(H,52,58)(H,53,65)(H,59,60)(H,61,62)(H,63,64)/t33-,34-,35-,38+,39+,40+/m1/s1. The second-order valence-electron chi connectivity index (χ2n) is 17.1. The maximum atomic E-state index is 14.6. The molecule has 0 aliphatic rings. The Morgan fingerprint density at radius 1 is 0.551 bits per heavy atom. The highest BCUT2D eigenvalue weighted by Gasteiger charge is 2.37. The zero-order valence-electron chi connectivity index (χ0n) is 38.1. The number of esters is 1. The van der Waals surface area contributed by atoms with Crippen LogP contribution in [0.1, 0.15) is 56.7 Å². The smallest absolute Gasteiger partial charge is 0.408 e. The third kappa shape index (κ3) is 18.6. The quantitative estimate of drug-likeness (QED) is 0.0209. The highest BCUT2D eigenvalue weighted by atomic mass is 16.6. The zero-order valence-corrected chi connectivity index (χ0v) is 38.1. The number of non-ortho nitro benzene ring substituents is 1. The zero-order chi connectivity index (χ0) is 50.7. The molecule has 4 aromatic carbocycles. The minimum Gasteiger partial charge on any atom is -0.481 e. The third-order valence-corrected chi connectivity index (χ3v) is 10.5. The molecule has 366 valence electrons. The van der Waals surface area contributed by atoms with Crippen LogP contribution in [-0.4, -0.2) is 98.2 Å². The number of rotatable bonds is 25. The molecule has 0 saturated heterocycles. The summed E-state index contributed by atoms with van der Waals surface area (Å²) in [6.45, 7) is 3.83. The minimum atomic E-state index is -1.83. The summed E-state index contributed by atoms with van der Waals surface area (Å²) in [6, 6.07) is 24.3. The van der Waals surface area contributed by atoms with E-state index in [1.165, 1.54) is 0 Å². The molecule has 0 saturated carbocycles. The molecule has 4 aromatic rings. The Kier molecular flexibility index (Phi) is 19.9. The van der Waals surface area contributed by atoms with E-state index in [0.29, 0.717) is 16.7 Å². The van der Waals surface area contributed by atoms with Crippen molar-refractivity contribution in [1.82, 2.24) is 21.3 Å². The first-order valence-electron chi connectivity index (χ1n) is 21.8. The molecule has 0 unspecified atom stereocenters. The summed E-state index contributed by atoms with van der Waals surface area (Å²) in [4.78, 5) is 117. The highest BCUT2D eigenvalue weighted by Crippen LogP contribution is 2.21. The number of carboxylic acid groups (broad SMARTS) is 3. The van der Waals surface area contributed by atoms with Crippen molar-refractivity contribution in [3.8, 4) is 5.75 Å². The summed E-state index contributed by atoms with van der Waals surface area (Å²) in [5.41, 5.74) is 0.360. The molecule has 69 heavy (non-hydrogen) atoms. The predicted molar refractivity (Wildman–Crippen MR) is 246 cm³/mol. The SMILES string of the molecule is CC(C)(C)OC(=O)N[C@@H](C[C@@H](Cc1ccccc1)C(=O)O)C(=O)N[C@@H](C[C@@H](Cc1ccccc1)C(=O)O)C(=O)N[C@@H](C[C@@H](Cc1ccccc1)C(=O)O)C(=O)NCC(=O)Oc1ccc([N+](=O)[O-])cc1. The predicted octanol–water partition coefficient (Wildman–Crippen LogP) is 4.48. The number of ether oxygens (including phenoxy) is 2. The third-order valence-electron chi connectivity index (χ3n) is 10.5. The van der Waals surface area contributed by atoms with Crippen LogP contribution in [0, 0.1) is 27.9 Å². The number of benzene rings is 4. The number of amides is 4. The van der Waals surface area contributed by atoms with Crippen molar-refractivity contribution < 1.29 is 68.1 Å². The molecule has 7 N–H and O–H groups in total. The molecule has 4 amide bonds. The molecule has 20 nitrogen and oxygen atoms in total. The van der Waals surface area contributed by atoms with Gasteiger partial charge < -0.3 is 46.1 Å². The maximum Gasteiger partial charge on any atom is 0.408 e. The van der Waals surface area contributed by atoms with Gasteiger partial charge in [0.1, 0.15) is 36.0 Å². The van der Waals surface area contributed by atoms with Crippen LogP contribution in [0.5, 0.6) is 5.75 Å². The number of nitro benzene ring substituents is 1. The fourth-order valence-electron chi connectivity index (χ4n) is 7.14. The monoisotopic (exact) mass is 953 g/mol. The lowest BCUT2D eigenvalue weighted by atomic mass is 9.90. The fraction of sp³-hybridized carbons (Fsp3) is 0.347. The number of nitro groups is 1. The Hall–Kier alpha value is -8.16. The summed E-state index contributed by atoms with van der Waals surface area (Å²) < 4.78 is 10.5. The molecule has 0 aliphatic heterocycles. The number of aliphatic carboxylic acids is 3. The van der Waals surface area contributed by atoms with E-state index in [2.05, 4.69) is 21.3 Å². The number of nitrogens with zero attached hydrogens (tertiary/aromatic N) is 1. The lowest BCUT2D eigenvalue weighted by molar-refractivity contribution is -0.384. The lowest BCUT2D eigenvalue weighted by Gasteiger charge is -2.29. The van der Waals surface area contributed by atoms with E-state index in [0.717, 1.165) is 24.3 Å². The van der Waals surface area contributed by atoms with Gasteiger partial charge in [0.05, 0.1) is 22.7 Å². The number of carbonyl (C=O) groups is 8. The first-order valence-corrected chi connectivity index (χ1v) is 21.8. The van der Waals surface area contributed by atoms with Crippen LogP contribution in [0.15, 0.2) is 115 Å². The molecule has 0 spiro atoms. The van der Waals surface area contributed by atoms with Crippen molar-refractivity contribution >= 4 is 53.4 Å². The van der Waals surface area contributed by atoms with Crippen LogP contribution in [0.25, 0.3) is 0 Å².